The first-order valence-electron chi connectivity index (χ1n) is 8.15. The first-order chi connectivity index (χ1) is 13.2. The molecule has 0 aliphatic heterocycles. The van der Waals surface area contributed by atoms with Crippen molar-refractivity contribution in [3.63, 3.8) is 0 Å². The molecule has 0 amide bonds. The molecule has 7 heteroatoms. The summed E-state index contributed by atoms with van der Waals surface area (Å²) in [5.41, 5.74) is 3.61. The van der Waals surface area contributed by atoms with Crippen LogP contribution in [0.15, 0.2) is 66.9 Å². The summed E-state index contributed by atoms with van der Waals surface area (Å²) in [4.78, 5) is 18.0. The van der Waals surface area contributed by atoms with Crippen molar-refractivity contribution in [3.05, 3.63) is 88.5 Å². The third-order valence-electron chi connectivity index (χ3n) is 4.18. The molecule has 2 heterocycles. The third kappa shape index (κ3) is 3.07. The Kier molecular flexibility index (Phi) is 3.99. The van der Waals surface area contributed by atoms with Crippen molar-refractivity contribution >= 4 is 28.4 Å². The molecule has 27 heavy (non-hydrogen) atoms. The van der Waals surface area contributed by atoms with E-state index in [2.05, 4.69) is 16.0 Å². The van der Waals surface area contributed by atoms with Gasteiger partial charge in [0.2, 0.25) is 0 Å². The topological polar surface area (TPSA) is 101 Å². The number of allylic oxidation sites excluding steroid dienone is 1. The lowest BCUT2D eigenvalue weighted by molar-refractivity contribution is -0.384. The van der Waals surface area contributed by atoms with Gasteiger partial charge in [0.1, 0.15) is 11.9 Å². The first kappa shape index (κ1) is 16.3. The summed E-state index contributed by atoms with van der Waals surface area (Å²) in [5.74, 6) is 0.496. The van der Waals surface area contributed by atoms with Gasteiger partial charge in [-0.2, -0.15) is 5.26 Å². The summed E-state index contributed by atoms with van der Waals surface area (Å²) in [7, 11) is 0. The van der Waals surface area contributed by atoms with E-state index < -0.39 is 4.92 Å². The van der Waals surface area contributed by atoms with E-state index in [9.17, 15) is 15.4 Å². The number of imidazole rings is 1. The summed E-state index contributed by atoms with van der Waals surface area (Å²) >= 11 is 0. The number of hydrogen-bond donors (Lipinski definition) is 1. The number of para-hydroxylation sites is 2. The van der Waals surface area contributed by atoms with Crippen LogP contribution in [-0.2, 0) is 0 Å². The first-order valence-corrected chi connectivity index (χ1v) is 8.15. The number of nitro groups is 1. The molecule has 130 valence electrons. The molecule has 0 aliphatic rings. The Labute approximate surface area is 154 Å². The van der Waals surface area contributed by atoms with Gasteiger partial charge in [0, 0.05) is 29.7 Å². The molecule has 1 N–H and O–H groups in total. The molecule has 0 spiro atoms. The van der Waals surface area contributed by atoms with Crippen LogP contribution in [0.2, 0.25) is 0 Å². The average molecular weight is 355 g/mol. The Morgan fingerprint density at radius 3 is 2.63 bits per heavy atom. The molecule has 0 atom stereocenters. The molecule has 2 aromatic carbocycles. The number of nitro benzene ring substituents is 1. The van der Waals surface area contributed by atoms with Crippen molar-refractivity contribution in [3.8, 4) is 11.8 Å². The molecule has 4 rings (SSSR count). The molecule has 0 radical (unpaired) electrons. The lowest BCUT2D eigenvalue weighted by Crippen LogP contribution is -1.96. The maximum Gasteiger partial charge on any atom is 0.269 e. The number of nitrogens with zero attached hydrogens (tertiary/aromatic N) is 4. The van der Waals surface area contributed by atoms with Crippen molar-refractivity contribution < 1.29 is 4.92 Å². The van der Waals surface area contributed by atoms with E-state index >= 15 is 0 Å². The number of hydrogen-bond acceptors (Lipinski definition) is 4. The molecule has 4 aromatic rings. The fraction of sp³-hybridized carbons (Fsp3) is 0. The predicted molar refractivity (Wildman–Crippen MR) is 102 cm³/mol. The number of non-ortho nitro benzene ring substituents is 1. The number of fused-ring (bicyclic) bond motifs is 1. The molecule has 0 saturated heterocycles. The van der Waals surface area contributed by atoms with E-state index in [1.54, 1.807) is 18.2 Å². The summed E-state index contributed by atoms with van der Waals surface area (Å²) in [6.07, 6.45) is 3.57. The summed E-state index contributed by atoms with van der Waals surface area (Å²) in [6.45, 7) is 0. The van der Waals surface area contributed by atoms with Gasteiger partial charge >= 0.3 is 0 Å². The van der Waals surface area contributed by atoms with Gasteiger partial charge in [-0.05, 0) is 42.5 Å². The summed E-state index contributed by atoms with van der Waals surface area (Å²) in [5, 5.41) is 20.4. The Hall–Kier alpha value is -4.18. The van der Waals surface area contributed by atoms with Gasteiger partial charge in [0.25, 0.3) is 5.69 Å². The van der Waals surface area contributed by atoms with Crippen molar-refractivity contribution in [2.45, 2.75) is 0 Å². The average Bonchev–Trinajstić information content (AvgIpc) is 3.32. The van der Waals surface area contributed by atoms with Crippen molar-refractivity contribution in [2.75, 3.05) is 0 Å². The zero-order chi connectivity index (χ0) is 18.8. The Bertz CT molecular complexity index is 1180. The maximum atomic E-state index is 10.8. The molecule has 0 aliphatic carbocycles. The Balaban J connectivity index is 1.74. The second kappa shape index (κ2) is 6.61. The van der Waals surface area contributed by atoms with Crippen LogP contribution < -0.4 is 0 Å². The fourth-order valence-electron chi connectivity index (χ4n) is 2.86. The van der Waals surface area contributed by atoms with E-state index in [1.807, 2.05) is 47.2 Å². The Morgan fingerprint density at radius 2 is 1.93 bits per heavy atom. The van der Waals surface area contributed by atoms with Crippen LogP contribution >= 0.6 is 0 Å². The van der Waals surface area contributed by atoms with Gasteiger partial charge in [-0.25, -0.2) is 4.98 Å². The van der Waals surface area contributed by atoms with Crippen LogP contribution in [0, 0.1) is 21.4 Å². The number of nitriles is 1. The van der Waals surface area contributed by atoms with Crippen molar-refractivity contribution in [1.82, 2.24) is 14.5 Å². The van der Waals surface area contributed by atoms with Crippen LogP contribution in [0.3, 0.4) is 0 Å². The minimum absolute atomic E-state index is 0.0305. The highest BCUT2D eigenvalue weighted by molar-refractivity contribution is 5.90. The molecule has 0 fully saturated rings. The van der Waals surface area contributed by atoms with E-state index in [1.165, 1.54) is 12.1 Å². The second-order valence-electron chi connectivity index (χ2n) is 5.85. The van der Waals surface area contributed by atoms with Crippen LogP contribution in [0.5, 0.6) is 0 Å². The quantitative estimate of drug-likeness (QED) is 0.334. The zero-order valence-electron chi connectivity index (χ0n) is 14.0. The number of aromatic amines is 1. The SMILES string of the molecule is N#CC(=Cc1cccn1-c1ccc([N+](=O)[O-])cc1)c1nc2ccccc2[nH]1. The highest BCUT2D eigenvalue weighted by atomic mass is 16.6. The van der Waals surface area contributed by atoms with E-state index in [0.717, 1.165) is 22.4 Å². The highest BCUT2D eigenvalue weighted by Crippen LogP contribution is 2.22. The number of H-pyrrole nitrogens is 1. The normalized spacial score (nSPS) is 11.4. The van der Waals surface area contributed by atoms with Crippen molar-refractivity contribution in [1.29, 1.82) is 5.26 Å². The molecule has 0 saturated carbocycles. The van der Waals surface area contributed by atoms with Gasteiger partial charge in [0.05, 0.1) is 21.5 Å². The molecule has 7 nitrogen and oxygen atoms in total. The van der Waals surface area contributed by atoms with E-state index in [0.29, 0.717) is 11.4 Å². The smallest absolute Gasteiger partial charge is 0.269 e. The van der Waals surface area contributed by atoms with Gasteiger partial charge in [-0.15, -0.1) is 0 Å². The van der Waals surface area contributed by atoms with E-state index in [4.69, 9.17) is 0 Å². The molecule has 0 unspecified atom stereocenters. The third-order valence-corrected chi connectivity index (χ3v) is 4.18. The van der Waals surface area contributed by atoms with E-state index in [-0.39, 0.29) is 5.69 Å². The lowest BCUT2D eigenvalue weighted by atomic mass is 10.2. The number of rotatable bonds is 4. The van der Waals surface area contributed by atoms with Crippen LogP contribution in [0.25, 0.3) is 28.4 Å². The van der Waals surface area contributed by atoms with Gasteiger partial charge in [-0.3, -0.25) is 10.1 Å². The largest absolute Gasteiger partial charge is 0.337 e. The molecule has 2 aromatic heterocycles. The maximum absolute atomic E-state index is 10.8. The monoisotopic (exact) mass is 355 g/mol. The molecular weight excluding hydrogens is 342 g/mol. The predicted octanol–water partition coefficient (Wildman–Crippen LogP) is 4.33. The van der Waals surface area contributed by atoms with Crippen LogP contribution in [0.1, 0.15) is 11.5 Å². The zero-order valence-corrected chi connectivity index (χ0v) is 14.0. The van der Waals surface area contributed by atoms with Gasteiger partial charge < -0.3 is 9.55 Å². The lowest BCUT2D eigenvalue weighted by Gasteiger charge is -2.06. The van der Waals surface area contributed by atoms with Crippen molar-refractivity contribution in [2.24, 2.45) is 0 Å². The number of benzene rings is 2. The minimum atomic E-state index is -0.435. The van der Waals surface area contributed by atoms with Crippen LogP contribution in [-0.4, -0.2) is 19.5 Å². The Morgan fingerprint density at radius 1 is 1.15 bits per heavy atom. The summed E-state index contributed by atoms with van der Waals surface area (Å²) in [6, 6.07) is 19.7. The van der Waals surface area contributed by atoms with Crippen LogP contribution in [0.4, 0.5) is 5.69 Å². The molecular formula is C20H13N5O2. The fourth-order valence-corrected chi connectivity index (χ4v) is 2.86. The number of nitrogens with one attached hydrogen (secondary N) is 1. The second-order valence-corrected chi connectivity index (χ2v) is 5.85. The van der Waals surface area contributed by atoms with Gasteiger partial charge in [0.15, 0.2) is 0 Å². The number of aromatic nitrogens is 3. The highest BCUT2D eigenvalue weighted by Gasteiger charge is 2.10. The summed E-state index contributed by atoms with van der Waals surface area (Å²) < 4.78 is 1.85. The molecule has 0 bridgehead atoms. The standard InChI is InChI=1S/C20H13N5O2/c21-13-14(20-22-18-5-1-2-6-19(18)23-20)12-17-4-3-11-24(17)15-7-9-16(10-8-15)25(26)27/h1-12H,(H,22,23). The van der Waals surface area contributed by atoms with Gasteiger partial charge in [-0.1, -0.05) is 12.1 Å². The minimum Gasteiger partial charge on any atom is -0.337 e.